The number of rotatable bonds is 7. The fourth-order valence-corrected chi connectivity index (χ4v) is 12.5. The summed E-state index contributed by atoms with van der Waals surface area (Å²) < 4.78 is 3.02. The van der Waals surface area contributed by atoms with Crippen LogP contribution in [0.25, 0.3) is 0 Å². The molecule has 190 valence electrons. The van der Waals surface area contributed by atoms with Crippen LogP contribution in [0, 0.1) is 17.3 Å². The van der Waals surface area contributed by atoms with Gasteiger partial charge in [-0.3, -0.25) is 0 Å². The van der Waals surface area contributed by atoms with Gasteiger partial charge in [-0.15, -0.1) is 0 Å². The molecule has 0 radical (unpaired) electrons. The third kappa shape index (κ3) is 5.91. The average Bonchev–Trinajstić information content (AvgIpc) is 2.92. The molecule has 1 aliphatic rings. The summed E-state index contributed by atoms with van der Waals surface area (Å²) >= 11 is 0. The molecule has 0 amide bonds. The molecule has 0 heterocycles. The minimum Gasteiger partial charge on any atom is -0.241 e. The van der Waals surface area contributed by atoms with Gasteiger partial charge in [-0.1, -0.05) is 149 Å². The van der Waals surface area contributed by atoms with E-state index in [-0.39, 0.29) is 0 Å². The fraction of sp³-hybridized carbons (Fsp3) is 0.294. The van der Waals surface area contributed by atoms with Crippen LogP contribution in [0.5, 0.6) is 0 Å². The van der Waals surface area contributed by atoms with Gasteiger partial charge in [0.05, 0.1) is 0 Å². The zero-order valence-corrected chi connectivity index (χ0v) is 24.3. The van der Waals surface area contributed by atoms with Gasteiger partial charge in [0.2, 0.25) is 0 Å². The van der Waals surface area contributed by atoms with E-state index in [1.807, 2.05) is 0 Å². The zero-order valence-electron chi connectivity index (χ0n) is 22.5. The Hall–Kier alpha value is -2.30. The van der Waals surface area contributed by atoms with Gasteiger partial charge in [-0.25, -0.2) is 4.44 Å². The minimum atomic E-state index is -0.749. The third-order valence-electron chi connectivity index (χ3n) is 7.85. The molecule has 5 rings (SSSR count). The molecule has 3 unspecified atom stereocenters. The largest absolute Gasteiger partial charge is 0.241 e. The standard InChI is InChI=1S/C34H39NP2/c1-27-25-34(3,4)26-33(28(27)2)35(36(29-17-9-5-10-18-29)30-19-11-6-12-20-30)37(31-21-13-7-14-22-31)32-23-15-8-16-24-32/h5-24,27-28,33H,25-26H2,1-4H3. The van der Waals surface area contributed by atoms with Crippen molar-refractivity contribution in [1.82, 2.24) is 4.44 Å². The van der Waals surface area contributed by atoms with Gasteiger partial charge in [0.1, 0.15) is 0 Å². The first-order valence-corrected chi connectivity index (χ1v) is 16.1. The Labute approximate surface area is 226 Å². The van der Waals surface area contributed by atoms with E-state index in [1.54, 1.807) is 0 Å². The van der Waals surface area contributed by atoms with Crippen LogP contribution >= 0.6 is 16.1 Å². The lowest BCUT2D eigenvalue weighted by atomic mass is 9.66. The second-order valence-corrected chi connectivity index (χ2v) is 15.8. The molecule has 3 atom stereocenters. The van der Waals surface area contributed by atoms with E-state index in [9.17, 15) is 0 Å². The van der Waals surface area contributed by atoms with Crippen molar-refractivity contribution >= 4 is 37.4 Å². The fourth-order valence-electron chi connectivity index (χ4n) is 6.00. The Balaban J connectivity index is 1.78. The molecule has 4 aromatic carbocycles. The first-order chi connectivity index (χ1) is 17.9. The van der Waals surface area contributed by atoms with Crippen LogP contribution in [0.1, 0.15) is 40.5 Å². The van der Waals surface area contributed by atoms with Crippen molar-refractivity contribution in [3.63, 3.8) is 0 Å². The van der Waals surface area contributed by atoms with Crippen LogP contribution in [-0.2, 0) is 0 Å². The average molecular weight is 524 g/mol. The van der Waals surface area contributed by atoms with Crippen LogP contribution in [0.15, 0.2) is 121 Å². The summed E-state index contributed by atoms with van der Waals surface area (Å²) in [4.78, 5) is 0. The highest BCUT2D eigenvalue weighted by molar-refractivity contribution is 7.84. The molecule has 0 saturated heterocycles. The quantitative estimate of drug-likeness (QED) is 0.223. The van der Waals surface area contributed by atoms with E-state index in [2.05, 4.69) is 153 Å². The van der Waals surface area contributed by atoms with Crippen LogP contribution in [0.3, 0.4) is 0 Å². The number of hydrogen-bond donors (Lipinski definition) is 0. The molecule has 0 aromatic heterocycles. The van der Waals surface area contributed by atoms with Crippen molar-refractivity contribution in [2.45, 2.75) is 46.6 Å². The maximum atomic E-state index is 3.02. The summed E-state index contributed by atoms with van der Waals surface area (Å²) in [5, 5.41) is 5.75. The van der Waals surface area contributed by atoms with E-state index < -0.39 is 16.1 Å². The molecule has 1 nitrogen and oxygen atoms in total. The highest BCUT2D eigenvalue weighted by Crippen LogP contribution is 2.60. The topological polar surface area (TPSA) is 3.24 Å². The predicted molar refractivity (Wildman–Crippen MR) is 165 cm³/mol. The molecular formula is C34H39NP2. The molecule has 37 heavy (non-hydrogen) atoms. The van der Waals surface area contributed by atoms with Gasteiger partial charge < -0.3 is 0 Å². The summed E-state index contributed by atoms with van der Waals surface area (Å²) in [7, 11) is -1.50. The monoisotopic (exact) mass is 523 g/mol. The first-order valence-electron chi connectivity index (χ1n) is 13.5. The summed E-state index contributed by atoms with van der Waals surface area (Å²) in [5.74, 6) is 1.30. The molecular weight excluding hydrogens is 484 g/mol. The normalized spacial score (nSPS) is 21.4. The summed E-state index contributed by atoms with van der Waals surface area (Å²) in [6.07, 6.45) is 2.51. The molecule has 1 aliphatic carbocycles. The molecule has 0 spiro atoms. The number of hydrogen-bond acceptors (Lipinski definition) is 1. The molecule has 0 aliphatic heterocycles. The maximum absolute atomic E-state index is 3.02. The smallest absolute Gasteiger partial charge is 0.0325 e. The Morgan fingerprint density at radius 1 is 0.541 bits per heavy atom. The lowest BCUT2D eigenvalue weighted by Gasteiger charge is -2.52. The summed E-state index contributed by atoms with van der Waals surface area (Å²) in [6.45, 7) is 9.98. The van der Waals surface area contributed by atoms with Crippen molar-refractivity contribution in [3.05, 3.63) is 121 Å². The number of benzene rings is 4. The van der Waals surface area contributed by atoms with E-state index in [0.717, 1.165) is 0 Å². The highest BCUT2D eigenvalue weighted by Gasteiger charge is 2.45. The van der Waals surface area contributed by atoms with Crippen molar-refractivity contribution in [1.29, 1.82) is 0 Å². The maximum Gasteiger partial charge on any atom is 0.0325 e. The Morgan fingerprint density at radius 3 is 1.19 bits per heavy atom. The minimum absolute atomic E-state index is 0.317. The summed E-state index contributed by atoms with van der Waals surface area (Å²) in [6, 6.07) is 45.7. The van der Waals surface area contributed by atoms with Crippen molar-refractivity contribution in [2.24, 2.45) is 17.3 Å². The predicted octanol–water partition coefficient (Wildman–Crippen LogP) is 7.85. The van der Waals surface area contributed by atoms with Crippen molar-refractivity contribution in [2.75, 3.05) is 0 Å². The van der Waals surface area contributed by atoms with Crippen LogP contribution < -0.4 is 21.2 Å². The Kier molecular flexibility index (Phi) is 8.26. The number of nitrogens with zero attached hydrogens (tertiary/aromatic N) is 1. The van der Waals surface area contributed by atoms with E-state index in [1.165, 1.54) is 34.1 Å². The highest BCUT2D eigenvalue weighted by atomic mass is 31.2. The van der Waals surface area contributed by atoms with Crippen LogP contribution in [-0.4, -0.2) is 10.5 Å². The summed E-state index contributed by atoms with van der Waals surface area (Å²) in [5.41, 5.74) is 0.317. The lowest BCUT2D eigenvalue weighted by Crippen LogP contribution is -2.48. The molecule has 1 saturated carbocycles. The van der Waals surface area contributed by atoms with Crippen LogP contribution in [0.2, 0.25) is 0 Å². The van der Waals surface area contributed by atoms with Gasteiger partial charge in [-0.05, 0) is 51.3 Å². The van der Waals surface area contributed by atoms with Crippen LogP contribution in [0.4, 0.5) is 0 Å². The second kappa shape index (κ2) is 11.6. The lowest BCUT2D eigenvalue weighted by molar-refractivity contribution is 0.0869. The molecule has 3 heteroatoms. The molecule has 4 aromatic rings. The van der Waals surface area contributed by atoms with E-state index in [0.29, 0.717) is 23.3 Å². The van der Waals surface area contributed by atoms with E-state index in [4.69, 9.17) is 0 Å². The van der Waals surface area contributed by atoms with Gasteiger partial charge in [0.15, 0.2) is 0 Å². The molecule has 0 bridgehead atoms. The first kappa shape index (κ1) is 26.3. The Bertz CT molecular complexity index is 1080. The van der Waals surface area contributed by atoms with Gasteiger partial charge in [0, 0.05) is 22.2 Å². The van der Waals surface area contributed by atoms with Gasteiger partial charge in [-0.2, -0.15) is 0 Å². The third-order valence-corrected chi connectivity index (χ3v) is 13.5. The molecule has 0 N–H and O–H groups in total. The van der Waals surface area contributed by atoms with E-state index >= 15 is 0 Å². The zero-order chi connectivity index (χ0) is 25.8. The second-order valence-electron chi connectivity index (χ2n) is 11.3. The SMILES string of the molecule is CC1CC(C)(C)CC(N(P(c2ccccc2)c2ccccc2)P(c2ccccc2)c2ccccc2)C1C. The van der Waals surface area contributed by atoms with Gasteiger partial charge in [0.25, 0.3) is 0 Å². The Morgan fingerprint density at radius 2 is 0.865 bits per heavy atom. The van der Waals surface area contributed by atoms with Crippen molar-refractivity contribution in [3.8, 4) is 0 Å². The van der Waals surface area contributed by atoms with Crippen molar-refractivity contribution < 1.29 is 0 Å². The van der Waals surface area contributed by atoms with Gasteiger partial charge >= 0.3 is 0 Å². The molecule has 1 fully saturated rings.